The van der Waals surface area contributed by atoms with Gasteiger partial charge >= 0.3 is 18.3 Å². The van der Waals surface area contributed by atoms with Crippen molar-refractivity contribution in [1.29, 1.82) is 0 Å². The number of hydrogen-bond donors (Lipinski definition) is 1. The Labute approximate surface area is 229 Å². The van der Waals surface area contributed by atoms with E-state index < -0.39 is 41.0 Å². The molecule has 40 heavy (non-hydrogen) atoms. The van der Waals surface area contributed by atoms with Gasteiger partial charge in [0.2, 0.25) is 0 Å². The van der Waals surface area contributed by atoms with Crippen molar-refractivity contribution in [3.05, 3.63) is 64.2 Å². The van der Waals surface area contributed by atoms with Gasteiger partial charge in [0.25, 0.3) is 0 Å². The highest BCUT2D eigenvalue weighted by Crippen LogP contribution is 2.49. The number of hydrogen-bond acceptors (Lipinski definition) is 3. The first-order valence-electron chi connectivity index (χ1n) is 13.8. The molecular formula is C30H33F6NO3. The normalized spacial score (nSPS) is 23.7. The largest absolute Gasteiger partial charge is 0.487 e. The molecule has 0 aromatic heterocycles. The lowest BCUT2D eigenvalue weighted by atomic mass is 9.81. The molecule has 0 bridgehead atoms. The second-order valence-corrected chi connectivity index (χ2v) is 11.6. The van der Waals surface area contributed by atoms with Crippen LogP contribution in [-0.4, -0.2) is 34.7 Å². The summed E-state index contributed by atoms with van der Waals surface area (Å²) in [6, 6.07) is 7.61. The molecule has 1 spiro atoms. The van der Waals surface area contributed by atoms with Crippen LogP contribution in [0.1, 0.15) is 79.2 Å². The first kappa shape index (κ1) is 28.8. The van der Waals surface area contributed by atoms with Crippen LogP contribution in [0.3, 0.4) is 0 Å². The van der Waals surface area contributed by atoms with Crippen molar-refractivity contribution in [1.82, 2.24) is 4.90 Å². The van der Waals surface area contributed by atoms with Crippen molar-refractivity contribution in [2.24, 2.45) is 11.8 Å². The van der Waals surface area contributed by atoms with Crippen molar-refractivity contribution in [3.63, 3.8) is 0 Å². The number of alkyl halides is 6. The first-order chi connectivity index (χ1) is 18.8. The molecular weight excluding hydrogens is 536 g/mol. The third kappa shape index (κ3) is 6.11. The number of aryl methyl sites for hydroxylation is 1. The van der Waals surface area contributed by atoms with E-state index in [-0.39, 0.29) is 18.0 Å². The maximum Gasteiger partial charge on any atom is 0.416 e. The number of carboxylic acid groups (broad SMARTS) is 1. The molecule has 1 unspecified atom stereocenters. The van der Waals surface area contributed by atoms with Crippen LogP contribution in [0.5, 0.6) is 5.75 Å². The van der Waals surface area contributed by atoms with Gasteiger partial charge in [0, 0.05) is 13.1 Å². The van der Waals surface area contributed by atoms with E-state index in [9.17, 15) is 36.2 Å². The predicted octanol–water partition coefficient (Wildman–Crippen LogP) is 7.69. The highest BCUT2D eigenvalue weighted by molar-refractivity contribution is 5.71. The van der Waals surface area contributed by atoms with Gasteiger partial charge in [0.1, 0.15) is 11.4 Å². The fourth-order valence-corrected chi connectivity index (χ4v) is 6.46. The molecule has 1 saturated heterocycles. The monoisotopic (exact) mass is 569 g/mol. The number of aliphatic carboxylic acids is 1. The van der Waals surface area contributed by atoms with Gasteiger partial charge in [0.15, 0.2) is 0 Å². The molecule has 10 heteroatoms. The van der Waals surface area contributed by atoms with Gasteiger partial charge in [-0.25, -0.2) is 0 Å². The summed E-state index contributed by atoms with van der Waals surface area (Å²) >= 11 is 0. The van der Waals surface area contributed by atoms with Gasteiger partial charge < -0.3 is 9.84 Å². The van der Waals surface area contributed by atoms with Crippen LogP contribution >= 0.6 is 0 Å². The van der Waals surface area contributed by atoms with Crippen LogP contribution in [0.25, 0.3) is 0 Å². The SMILES string of the molecule is C[C@H](C(=O)O)[C@H](c1ccc2c(c1)OC1(CCCN(Cc3cc(C(F)(F)F)ccc3C(F)(F)F)CC1)CC2)C1CC1. The van der Waals surface area contributed by atoms with E-state index in [1.807, 2.05) is 18.2 Å². The molecule has 2 heterocycles. The number of fused-ring (bicyclic) bond motifs is 1. The number of halogens is 6. The Morgan fingerprint density at radius 1 is 1.02 bits per heavy atom. The molecule has 3 atom stereocenters. The number of ether oxygens (including phenoxy) is 1. The molecule has 1 saturated carbocycles. The average molecular weight is 570 g/mol. The number of carbonyl (C=O) groups is 1. The van der Waals surface area contributed by atoms with Crippen molar-refractivity contribution in [3.8, 4) is 5.75 Å². The lowest BCUT2D eigenvalue weighted by Gasteiger charge is -2.39. The molecule has 2 aromatic carbocycles. The summed E-state index contributed by atoms with van der Waals surface area (Å²) in [7, 11) is 0. The molecule has 5 rings (SSSR count). The summed E-state index contributed by atoms with van der Waals surface area (Å²) in [5.41, 5.74) is -1.03. The molecule has 2 fully saturated rings. The van der Waals surface area contributed by atoms with Gasteiger partial charge in [-0.2, -0.15) is 26.3 Å². The minimum absolute atomic E-state index is 0.0933. The number of likely N-dealkylation sites (tertiary alicyclic amines) is 1. The summed E-state index contributed by atoms with van der Waals surface area (Å²) < 4.78 is 87.3. The van der Waals surface area contributed by atoms with Gasteiger partial charge in [0.05, 0.1) is 17.0 Å². The fourth-order valence-electron chi connectivity index (χ4n) is 6.46. The molecule has 4 nitrogen and oxygen atoms in total. The van der Waals surface area contributed by atoms with Crippen LogP contribution in [0.15, 0.2) is 36.4 Å². The highest BCUT2D eigenvalue weighted by atomic mass is 19.4. The number of nitrogens with zero attached hydrogens (tertiary/aromatic N) is 1. The van der Waals surface area contributed by atoms with Crippen LogP contribution in [0.4, 0.5) is 26.3 Å². The van der Waals surface area contributed by atoms with E-state index in [0.29, 0.717) is 56.5 Å². The van der Waals surface area contributed by atoms with Crippen LogP contribution in [0, 0.1) is 11.8 Å². The van der Waals surface area contributed by atoms with E-state index in [4.69, 9.17) is 4.74 Å². The summed E-state index contributed by atoms with van der Waals surface area (Å²) in [6.45, 7) is 2.35. The number of rotatable bonds is 6. The van der Waals surface area contributed by atoms with Crippen LogP contribution in [-0.2, 0) is 30.1 Å². The second kappa shape index (κ2) is 10.6. The topological polar surface area (TPSA) is 49.8 Å². The van der Waals surface area contributed by atoms with Crippen molar-refractivity contribution >= 4 is 5.97 Å². The number of carboxylic acids is 1. The molecule has 218 valence electrons. The van der Waals surface area contributed by atoms with Crippen molar-refractivity contribution in [2.45, 2.75) is 82.3 Å². The average Bonchev–Trinajstić information content (AvgIpc) is 3.72. The zero-order valence-corrected chi connectivity index (χ0v) is 22.2. The molecule has 2 aliphatic heterocycles. The Morgan fingerprint density at radius 3 is 2.42 bits per heavy atom. The minimum atomic E-state index is -4.75. The van der Waals surface area contributed by atoms with Gasteiger partial charge in [-0.15, -0.1) is 0 Å². The molecule has 2 aromatic rings. The predicted molar refractivity (Wildman–Crippen MR) is 136 cm³/mol. The van der Waals surface area contributed by atoms with Gasteiger partial charge in [-0.1, -0.05) is 19.1 Å². The Kier molecular flexibility index (Phi) is 7.61. The smallest absolute Gasteiger partial charge is 0.416 e. The van der Waals surface area contributed by atoms with Crippen molar-refractivity contribution < 1.29 is 41.0 Å². The lowest BCUT2D eigenvalue weighted by molar-refractivity contribution is -0.142. The summed E-state index contributed by atoms with van der Waals surface area (Å²) in [5.74, 6) is -0.371. The second-order valence-electron chi connectivity index (χ2n) is 11.6. The first-order valence-corrected chi connectivity index (χ1v) is 13.8. The van der Waals surface area contributed by atoms with E-state index in [2.05, 4.69) is 0 Å². The van der Waals surface area contributed by atoms with Gasteiger partial charge in [-0.3, -0.25) is 9.69 Å². The van der Waals surface area contributed by atoms with E-state index in [1.54, 1.807) is 11.8 Å². The Bertz CT molecular complexity index is 1250. The maximum atomic E-state index is 13.6. The third-order valence-corrected chi connectivity index (χ3v) is 8.83. The minimum Gasteiger partial charge on any atom is -0.487 e. The molecule has 0 radical (unpaired) electrons. The Balaban J connectivity index is 1.33. The Morgan fingerprint density at radius 2 is 1.77 bits per heavy atom. The molecule has 3 aliphatic rings. The summed E-state index contributed by atoms with van der Waals surface area (Å²) in [6.07, 6.45) is -4.12. The third-order valence-electron chi connectivity index (χ3n) is 8.83. The molecule has 0 amide bonds. The summed E-state index contributed by atoms with van der Waals surface area (Å²) in [5, 5.41) is 9.65. The van der Waals surface area contributed by atoms with Crippen molar-refractivity contribution in [2.75, 3.05) is 13.1 Å². The highest BCUT2D eigenvalue weighted by Gasteiger charge is 2.42. The standard InChI is InChI=1S/C30H33F6NO3/c1-18(27(38)39)26(20-4-5-20)21-6-3-19-9-11-28(40-25(19)16-21)10-2-13-37(14-12-28)17-22-15-23(29(31,32)33)7-8-24(22)30(34,35)36/h3,6-8,15-16,18,20,26H,2,4-5,9-14,17H2,1H3,(H,38,39)/t18-,26-,28?/m0/s1. The zero-order chi connectivity index (χ0) is 28.9. The van der Waals surface area contributed by atoms with E-state index >= 15 is 0 Å². The van der Waals surface area contributed by atoms with E-state index in [1.165, 1.54) is 0 Å². The number of benzene rings is 2. The van der Waals surface area contributed by atoms with Crippen LogP contribution < -0.4 is 4.74 Å². The molecule has 1 N–H and O–H groups in total. The van der Waals surface area contributed by atoms with Crippen LogP contribution in [0.2, 0.25) is 0 Å². The lowest BCUT2D eigenvalue weighted by Crippen LogP contribution is -2.40. The zero-order valence-electron chi connectivity index (χ0n) is 22.2. The molecule has 1 aliphatic carbocycles. The quantitative estimate of drug-likeness (QED) is 0.363. The fraction of sp³-hybridized carbons (Fsp3) is 0.567. The van der Waals surface area contributed by atoms with E-state index in [0.717, 1.165) is 42.6 Å². The maximum absolute atomic E-state index is 13.6. The summed E-state index contributed by atoms with van der Waals surface area (Å²) in [4.78, 5) is 13.6. The van der Waals surface area contributed by atoms with Gasteiger partial charge in [-0.05, 0) is 104 Å². The Hall–Kier alpha value is -2.75.